The van der Waals surface area contributed by atoms with Gasteiger partial charge in [-0.1, -0.05) is 13.8 Å². The molecule has 3 nitrogen and oxygen atoms in total. The van der Waals surface area contributed by atoms with Crippen LogP contribution in [-0.4, -0.2) is 49.0 Å². The molecule has 0 bridgehead atoms. The van der Waals surface area contributed by atoms with Crippen molar-refractivity contribution in [1.82, 2.24) is 5.32 Å². The molecule has 2 unspecified atom stereocenters. The molecule has 0 radical (unpaired) electrons. The zero-order chi connectivity index (χ0) is 11.3. The summed E-state index contributed by atoms with van der Waals surface area (Å²) in [6.07, 6.45) is 0.810. The molecule has 0 aromatic rings. The minimum atomic E-state index is -0.384. The van der Waals surface area contributed by atoms with Gasteiger partial charge in [0, 0.05) is 25.4 Å². The summed E-state index contributed by atoms with van der Waals surface area (Å²) in [6, 6.07) is 0.533. The fourth-order valence-corrected chi connectivity index (χ4v) is 3.26. The van der Waals surface area contributed by atoms with Gasteiger partial charge in [-0.3, -0.25) is 0 Å². The summed E-state index contributed by atoms with van der Waals surface area (Å²) in [7, 11) is 1.61. The summed E-state index contributed by atoms with van der Waals surface area (Å²) in [5, 5.41) is 12.9. The van der Waals surface area contributed by atoms with E-state index < -0.39 is 0 Å². The van der Waals surface area contributed by atoms with E-state index in [1.807, 2.05) is 11.8 Å². The summed E-state index contributed by atoms with van der Waals surface area (Å²) >= 11 is 2.00. The molecule has 1 aliphatic rings. The fraction of sp³-hybridized carbons (Fsp3) is 1.00. The van der Waals surface area contributed by atoms with Crippen molar-refractivity contribution in [3.63, 3.8) is 0 Å². The molecule has 15 heavy (non-hydrogen) atoms. The molecule has 0 amide bonds. The number of rotatable bonds is 5. The van der Waals surface area contributed by atoms with Crippen LogP contribution >= 0.6 is 11.8 Å². The van der Waals surface area contributed by atoms with Crippen molar-refractivity contribution in [2.75, 3.05) is 31.8 Å². The average molecular weight is 233 g/mol. The van der Waals surface area contributed by atoms with Gasteiger partial charge in [0.15, 0.2) is 0 Å². The number of aliphatic hydroxyl groups is 1. The predicted octanol–water partition coefficient (Wildman–Crippen LogP) is 1.11. The number of ether oxygens (including phenoxy) is 1. The third-order valence-corrected chi connectivity index (χ3v) is 4.24. The highest BCUT2D eigenvalue weighted by Crippen LogP contribution is 2.33. The van der Waals surface area contributed by atoms with Crippen molar-refractivity contribution in [3.8, 4) is 0 Å². The van der Waals surface area contributed by atoms with Crippen molar-refractivity contribution < 1.29 is 9.84 Å². The topological polar surface area (TPSA) is 41.5 Å². The Hall–Kier alpha value is 0.230. The molecule has 2 atom stereocenters. The Bertz CT molecular complexity index is 187. The fourth-order valence-electron chi connectivity index (χ4n) is 1.95. The van der Waals surface area contributed by atoms with Gasteiger partial charge in [0.25, 0.3) is 0 Å². The van der Waals surface area contributed by atoms with E-state index in [1.54, 1.807) is 7.11 Å². The molecular formula is C11H23NO2S. The second kappa shape index (κ2) is 6.09. The maximum atomic E-state index is 9.52. The Kier molecular flexibility index (Phi) is 5.39. The normalized spacial score (nSPS) is 27.6. The monoisotopic (exact) mass is 233 g/mol. The average Bonchev–Trinajstić information content (AvgIpc) is 2.14. The van der Waals surface area contributed by atoms with E-state index in [1.165, 1.54) is 12.2 Å². The highest BCUT2D eigenvalue weighted by atomic mass is 32.2. The maximum absolute atomic E-state index is 9.52. The largest absolute Gasteiger partial charge is 0.389 e. The van der Waals surface area contributed by atoms with Crippen LogP contribution in [0.4, 0.5) is 0 Å². The Balaban J connectivity index is 2.21. The lowest BCUT2D eigenvalue weighted by molar-refractivity contribution is 0.0621. The van der Waals surface area contributed by atoms with Gasteiger partial charge < -0.3 is 15.2 Å². The van der Waals surface area contributed by atoms with Crippen LogP contribution in [0.15, 0.2) is 0 Å². The molecule has 2 N–H and O–H groups in total. The molecule has 1 rings (SSSR count). The molecule has 1 saturated heterocycles. The Morgan fingerprint density at radius 3 is 2.93 bits per heavy atom. The molecular weight excluding hydrogens is 210 g/mol. The summed E-state index contributed by atoms with van der Waals surface area (Å²) < 4.78 is 4.89. The van der Waals surface area contributed by atoms with Crippen LogP contribution in [-0.2, 0) is 4.74 Å². The van der Waals surface area contributed by atoms with E-state index in [2.05, 4.69) is 19.2 Å². The first-order valence-corrected chi connectivity index (χ1v) is 6.67. The molecule has 0 spiro atoms. The molecule has 90 valence electrons. The standard InChI is InChI=1S/C11H23NO2S/c1-11(2)4-9(7-15-8-11)12-5-10(13)6-14-3/h9-10,12-13H,4-8H2,1-3H3. The molecule has 0 aliphatic carbocycles. The van der Waals surface area contributed by atoms with Crippen LogP contribution in [0, 0.1) is 5.41 Å². The number of hydrogen-bond donors (Lipinski definition) is 2. The first-order valence-electron chi connectivity index (χ1n) is 5.51. The lowest BCUT2D eigenvalue weighted by atomic mass is 9.88. The molecule has 1 heterocycles. The van der Waals surface area contributed by atoms with Crippen molar-refractivity contribution in [2.45, 2.75) is 32.4 Å². The first kappa shape index (κ1) is 13.3. The van der Waals surface area contributed by atoms with Crippen molar-refractivity contribution in [1.29, 1.82) is 0 Å². The van der Waals surface area contributed by atoms with Crippen molar-refractivity contribution >= 4 is 11.8 Å². The van der Waals surface area contributed by atoms with Gasteiger partial charge in [-0.05, 0) is 17.6 Å². The number of aliphatic hydroxyl groups excluding tert-OH is 1. The molecule has 4 heteroatoms. The molecule has 1 fully saturated rings. The van der Waals surface area contributed by atoms with Gasteiger partial charge in [0.1, 0.15) is 0 Å². The van der Waals surface area contributed by atoms with Gasteiger partial charge in [-0.25, -0.2) is 0 Å². The zero-order valence-corrected chi connectivity index (χ0v) is 10.8. The Morgan fingerprint density at radius 1 is 1.60 bits per heavy atom. The summed E-state index contributed by atoms with van der Waals surface area (Å²) in [4.78, 5) is 0. The van der Waals surface area contributed by atoms with E-state index in [-0.39, 0.29) is 6.10 Å². The SMILES string of the molecule is COCC(O)CNC1CSCC(C)(C)C1. The minimum Gasteiger partial charge on any atom is -0.389 e. The van der Waals surface area contributed by atoms with Crippen LogP contribution in [0.25, 0.3) is 0 Å². The van der Waals surface area contributed by atoms with E-state index in [4.69, 9.17) is 4.74 Å². The van der Waals surface area contributed by atoms with Gasteiger partial charge in [-0.15, -0.1) is 0 Å². The number of hydrogen-bond acceptors (Lipinski definition) is 4. The lowest BCUT2D eigenvalue weighted by Crippen LogP contribution is -2.44. The number of thioether (sulfide) groups is 1. The Morgan fingerprint density at radius 2 is 2.33 bits per heavy atom. The zero-order valence-electron chi connectivity index (χ0n) is 9.95. The third kappa shape index (κ3) is 5.20. The number of nitrogens with one attached hydrogen (secondary N) is 1. The van der Waals surface area contributed by atoms with Crippen LogP contribution in [0.1, 0.15) is 20.3 Å². The molecule has 0 aromatic carbocycles. The van der Waals surface area contributed by atoms with Gasteiger partial charge in [-0.2, -0.15) is 11.8 Å². The number of methoxy groups -OCH3 is 1. The van der Waals surface area contributed by atoms with Crippen LogP contribution < -0.4 is 5.32 Å². The predicted molar refractivity (Wildman–Crippen MR) is 65.4 cm³/mol. The van der Waals surface area contributed by atoms with E-state index in [0.717, 1.165) is 5.75 Å². The van der Waals surface area contributed by atoms with Crippen molar-refractivity contribution in [2.24, 2.45) is 5.41 Å². The van der Waals surface area contributed by atoms with Crippen LogP contribution in [0.2, 0.25) is 0 Å². The highest BCUT2D eigenvalue weighted by Gasteiger charge is 2.28. The summed E-state index contributed by atoms with van der Waals surface area (Å²) in [6.45, 7) is 5.66. The van der Waals surface area contributed by atoms with E-state index >= 15 is 0 Å². The smallest absolute Gasteiger partial charge is 0.0897 e. The van der Waals surface area contributed by atoms with Gasteiger partial charge in [0.05, 0.1) is 12.7 Å². The van der Waals surface area contributed by atoms with Crippen LogP contribution in [0.3, 0.4) is 0 Å². The van der Waals surface area contributed by atoms with Gasteiger partial charge in [0.2, 0.25) is 0 Å². The quantitative estimate of drug-likeness (QED) is 0.746. The third-order valence-electron chi connectivity index (χ3n) is 2.61. The second-order valence-corrected chi connectivity index (χ2v) is 6.13. The highest BCUT2D eigenvalue weighted by molar-refractivity contribution is 7.99. The summed E-state index contributed by atoms with van der Waals surface area (Å²) in [5.74, 6) is 2.40. The summed E-state index contributed by atoms with van der Waals surface area (Å²) in [5.41, 5.74) is 0.423. The second-order valence-electron chi connectivity index (χ2n) is 5.10. The van der Waals surface area contributed by atoms with E-state index in [9.17, 15) is 5.11 Å². The minimum absolute atomic E-state index is 0.384. The Labute approximate surface area is 97.0 Å². The lowest BCUT2D eigenvalue weighted by Gasteiger charge is -2.35. The first-order chi connectivity index (χ1) is 7.03. The molecule has 0 aromatic heterocycles. The van der Waals surface area contributed by atoms with Crippen molar-refractivity contribution in [3.05, 3.63) is 0 Å². The van der Waals surface area contributed by atoms with E-state index in [0.29, 0.717) is 24.6 Å². The molecule has 1 aliphatic heterocycles. The van der Waals surface area contributed by atoms with Crippen LogP contribution in [0.5, 0.6) is 0 Å². The molecule has 0 saturated carbocycles. The van der Waals surface area contributed by atoms with Gasteiger partial charge >= 0.3 is 0 Å². The maximum Gasteiger partial charge on any atom is 0.0897 e.